The molecule has 0 radical (unpaired) electrons. The second-order valence-corrected chi connectivity index (χ2v) is 7.39. The molecule has 0 spiro atoms. The lowest BCUT2D eigenvalue weighted by molar-refractivity contribution is -0.117. The molecule has 2 heterocycles. The summed E-state index contributed by atoms with van der Waals surface area (Å²) in [5.74, 6) is 2.60. The van der Waals surface area contributed by atoms with Crippen molar-refractivity contribution in [3.63, 3.8) is 0 Å². The smallest absolute Gasteiger partial charge is 0.228 e. The monoisotopic (exact) mass is 383 g/mol. The predicted octanol–water partition coefficient (Wildman–Crippen LogP) is 4.01. The van der Waals surface area contributed by atoms with Crippen molar-refractivity contribution in [2.24, 2.45) is 0 Å². The number of benzene rings is 1. The fraction of sp³-hybridized carbons (Fsp3) is 0.500. The van der Waals surface area contributed by atoms with Gasteiger partial charge in [-0.05, 0) is 37.0 Å². The fourth-order valence-electron chi connectivity index (χ4n) is 3.39. The van der Waals surface area contributed by atoms with Gasteiger partial charge in [-0.3, -0.25) is 0 Å². The van der Waals surface area contributed by atoms with Gasteiger partial charge in [0.2, 0.25) is 11.8 Å². The molecule has 0 saturated carbocycles. The van der Waals surface area contributed by atoms with Gasteiger partial charge < -0.3 is 19.2 Å². The van der Waals surface area contributed by atoms with Crippen LogP contribution in [-0.4, -0.2) is 41.6 Å². The summed E-state index contributed by atoms with van der Waals surface area (Å²) in [6, 6.07) is 9.87. The van der Waals surface area contributed by atoms with Crippen molar-refractivity contribution in [2.45, 2.75) is 52.1 Å². The number of hydrogen-bond acceptors (Lipinski definition) is 6. The van der Waals surface area contributed by atoms with E-state index in [-0.39, 0.29) is 17.8 Å². The van der Waals surface area contributed by atoms with Crippen LogP contribution in [0, 0.1) is 0 Å². The van der Waals surface area contributed by atoms with Crippen molar-refractivity contribution in [3.05, 3.63) is 42.1 Å². The van der Waals surface area contributed by atoms with Gasteiger partial charge in [0.25, 0.3) is 0 Å². The van der Waals surface area contributed by atoms with Gasteiger partial charge in [-0.1, -0.05) is 26.0 Å². The Kier molecular flexibility index (Phi) is 6.85. The van der Waals surface area contributed by atoms with Crippen molar-refractivity contribution in [3.8, 4) is 11.6 Å². The number of rotatable bonds is 9. The Morgan fingerprint density at radius 2 is 2.07 bits per heavy atom. The van der Waals surface area contributed by atoms with E-state index in [2.05, 4.69) is 28.7 Å². The minimum atomic E-state index is 0.101. The van der Waals surface area contributed by atoms with Gasteiger partial charge in [-0.2, -0.15) is 4.98 Å². The Balaban J connectivity index is 1.55. The van der Waals surface area contributed by atoms with E-state index in [4.69, 9.17) is 9.47 Å². The number of aromatic nitrogens is 2. The lowest BCUT2D eigenvalue weighted by Gasteiger charge is -2.18. The molecule has 28 heavy (non-hydrogen) atoms. The number of Topliss-reactive ketones (excluding diaryl/α,β-unsaturated/α-hetero) is 1. The molecule has 2 aromatic rings. The van der Waals surface area contributed by atoms with Crippen LogP contribution in [0.3, 0.4) is 0 Å². The van der Waals surface area contributed by atoms with Crippen LogP contribution in [0.25, 0.3) is 0 Å². The highest BCUT2D eigenvalue weighted by Crippen LogP contribution is 2.25. The molecule has 0 aliphatic carbocycles. The molecule has 0 unspecified atom stereocenters. The molecule has 150 valence electrons. The van der Waals surface area contributed by atoms with Crippen LogP contribution >= 0.6 is 0 Å². The molecule has 0 N–H and O–H groups in total. The lowest BCUT2D eigenvalue weighted by Crippen LogP contribution is -2.26. The van der Waals surface area contributed by atoms with E-state index in [1.165, 1.54) is 0 Å². The lowest BCUT2D eigenvalue weighted by atomic mass is 9.96. The van der Waals surface area contributed by atoms with Crippen molar-refractivity contribution in [1.82, 2.24) is 9.97 Å². The SMILES string of the molecule is CCCOc1ccnc(N2CC[C@@H](Oc3ccc([C@H](C)CC(C)=O)cc3)C2)n1. The molecule has 1 aromatic heterocycles. The van der Waals surface area contributed by atoms with Gasteiger partial charge in [-0.25, -0.2) is 4.98 Å². The molecule has 1 aromatic carbocycles. The number of carbonyl (C=O) groups excluding carboxylic acids is 1. The van der Waals surface area contributed by atoms with E-state index in [0.717, 1.165) is 37.2 Å². The van der Waals surface area contributed by atoms with Crippen molar-refractivity contribution in [2.75, 3.05) is 24.6 Å². The van der Waals surface area contributed by atoms with Crippen LogP contribution in [0.2, 0.25) is 0 Å². The first-order valence-corrected chi connectivity index (χ1v) is 10.0. The third kappa shape index (κ3) is 5.44. The Bertz CT molecular complexity index is 779. The number of hydrogen-bond donors (Lipinski definition) is 0. The normalized spacial score (nSPS) is 17.4. The van der Waals surface area contributed by atoms with Gasteiger partial charge in [0.15, 0.2) is 0 Å². The molecule has 6 nitrogen and oxygen atoms in total. The van der Waals surface area contributed by atoms with Gasteiger partial charge >= 0.3 is 0 Å². The molecule has 6 heteroatoms. The first-order chi connectivity index (χ1) is 13.5. The number of ether oxygens (including phenoxy) is 2. The van der Waals surface area contributed by atoms with E-state index in [0.29, 0.717) is 24.9 Å². The number of ketones is 1. The minimum Gasteiger partial charge on any atom is -0.489 e. The van der Waals surface area contributed by atoms with E-state index < -0.39 is 0 Å². The van der Waals surface area contributed by atoms with Crippen LogP contribution < -0.4 is 14.4 Å². The van der Waals surface area contributed by atoms with Crippen LogP contribution in [0.1, 0.15) is 51.5 Å². The zero-order valence-corrected chi connectivity index (χ0v) is 16.9. The molecule has 0 amide bonds. The quantitative estimate of drug-likeness (QED) is 0.652. The molecule has 3 rings (SSSR count). The topological polar surface area (TPSA) is 64.6 Å². The maximum atomic E-state index is 11.3. The average molecular weight is 383 g/mol. The molecule has 1 fully saturated rings. The van der Waals surface area contributed by atoms with E-state index in [1.807, 2.05) is 24.3 Å². The van der Waals surface area contributed by atoms with Gasteiger partial charge in [-0.15, -0.1) is 0 Å². The maximum absolute atomic E-state index is 11.3. The summed E-state index contributed by atoms with van der Waals surface area (Å²) in [5, 5.41) is 0. The summed E-state index contributed by atoms with van der Waals surface area (Å²) in [6.45, 7) is 8.04. The third-order valence-electron chi connectivity index (χ3n) is 4.84. The van der Waals surface area contributed by atoms with Crippen molar-refractivity contribution < 1.29 is 14.3 Å². The van der Waals surface area contributed by atoms with E-state index >= 15 is 0 Å². The molecular weight excluding hydrogens is 354 g/mol. The summed E-state index contributed by atoms with van der Waals surface area (Å²) in [7, 11) is 0. The van der Waals surface area contributed by atoms with Crippen LogP contribution in [0.4, 0.5) is 5.95 Å². The zero-order valence-electron chi connectivity index (χ0n) is 16.9. The van der Waals surface area contributed by atoms with Crippen LogP contribution in [0.5, 0.6) is 11.6 Å². The van der Waals surface area contributed by atoms with E-state index in [9.17, 15) is 4.79 Å². The Labute approximate surface area is 166 Å². The largest absolute Gasteiger partial charge is 0.489 e. The highest BCUT2D eigenvalue weighted by Gasteiger charge is 2.26. The summed E-state index contributed by atoms with van der Waals surface area (Å²) in [4.78, 5) is 22.3. The van der Waals surface area contributed by atoms with Gasteiger partial charge in [0.1, 0.15) is 17.6 Å². The molecule has 0 bridgehead atoms. The highest BCUT2D eigenvalue weighted by molar-refractivity contribution is 5.76. The Morgan fingerprint density at radius 1 is 1.29 bits per heavy atom. The maximum Gasteiger partial charge on any atom is 0.228 e. The van der Waals surface area contributed by atoms with Gasteiger partial charge in [0, 0.05) is 31.6 Å². The Hall–Kier alpha value is -2.63. The first kappa shape index (κ1) is 20.1. The minimum absolute atomic E-state index is 0.101. The van der Waals surface area contributed by atoms with Crippen LogP contribution in [-0.2, 0) is 4.79 Å². The fourth-order valence-corrected chi connectivity index (χ4v) is 3.39. The van der Waals surface area contributed by atoms with Crippen molar-refractivity contribution >= 4 is 11.7 Å². The number of nitrogens with zero attached hydrogens (tertiary/aromatic N) is 3. The Morgan fingerprint density at radius 3 is 2.79 bits per heavy atom. The summed E-state index contributed by atoms with van der Waals surface area (Å²) in [5.41, 5.74) is 1.16. The van der Waals surface area contributed by atoms with Crippen LogP contribution in [0.15, 0.2) is 36.5 Å². The van der Waals surface area contributed by atoms with Crippen molar-refractivity contribution in [1.29, 1.82) is 0 Å². The summed E-state index contributed by atoms with van der Waals surface area (Å²) in [6.07, 6.45) is 4.28. The molecular formula is C22H29N3O3. The third-order valence-corrected chi connectivity index (χ3v) is 4.84. The molecule has 1 aliphatic heterocycles. The molecule has 2 atom stereocenters. The number of carbonyl (C=O) groups is 1. The standard InChI is InChI=1S/C22H29N3O3/c1-4-13-27-21-9-11-23-22(24-21)25-12-10-20(15-25)28-19-7-5-18(6-8-19)16(2)14-17(3)26/h5-9,11,16,20H,4,10,12-15H2,1-3H3/t16-,20-/m1/s1. The van der Waals surface area contributed by atoms with Gasteiger partial charge in [0.05, 0.1) is 13.2 Å². The second kappa shape index (κ2) is 9.53. The molecule has 1 saturated heterocycles. The summed E-state index contributed by atoms with van der Waals surface area (Å²) >= 11 is 0. The number of anilines is 1. The highest BCUT2D eigenvalue weighted by atomic mass is 16.5. The summed E-state index contributed by atoms with van der Waals surface area (Å²) < 4.78 is 11.7. The zero-order chi connectivity index (χ0) is 19.9. The molecule has 1 aliphatic rings. The predicted molar refractivity (Wildman–Crippen MR) is 109 cm³/mol. The first-order valence-electron chi connectivity index (χ1n) is 10.0. The average Bonchev–Trinajstić information content (AvgIpc) is 3.15. The van der Waals surface area contributed by atoms with E-state index in [1.54, 1.807) is 19.2 Å². The second-order valence-electron chi connectivity index (χ2n) is 7.39.